The lowest BCUT2D eigenvalue weighted by atomic mass is 10.2. The molecule has 2 aromatic heterocycles. The predicted molar refractivity (Wildman–Crippen MR) is 75.9 cm³/mol. The van der Waals surface area contributed by atoms with E-state index < -0.39 is 29.7 Å². The number of hydrogen-bond donors (Lipinski definition) is 1. The van der Waals surface area contributed by atoms with Gasteiger partial charge in [-0.1, -0.05) is 0 Å². The maximum Gasteiger partial charge on any atom is 0.331 e. The first-order chi connectivity index (χ1) is 10.4. The van der Waals surface area contributed by atoms with Crippen molar-refractivity contribution in [2.75, 3.05) is 0 Å². The molecule has 0 aromatic carbocycles. The minimum Gasteiger partial charge on any atom is -0.467 e. The summed E-state index contributed by atoms with van der Waals surface area (Å²) in [5.74, 6) is 0.0255. The number of nitrogens with zero attached hydrogens (tertiary/aromatic N) is 3. The molecule has 8 nitrogen and oxygen atoms in total. The van der Waals surface area contributed by atoms with Crippen LogP contribution in [0.25, 0.3) is 0 Å². The number of furan rings is 1. The Labute approximate surface area is 125 Å². The first kappa shape index (κ1) is 15.3. The van der Waals surface area contributed by atoms with Crippen molar-refractivity contribution in [1.82, 2.24) is 14.5 Å². The Morgan fingerprint density at radius 2 is 2.23 bits per heavy atom. The number of carbonyl (C=O) groups excluding carboxylic acids is 1. The van der Waals surface area contributed by atoms with Gasteiger partial charge in [0, 0.05) is 13.2 Å². The highest BCUT2D eigenvalue weighted by Gasteiger charge is 2.16. The number of aromatic nitrogens is 2. The average molecular weight is 302 g/mol. The minimum absolute atomic E-state index is 0.200. The molecule has 0 saturated carbocycles. The van der Waals surface area contributed by atoms with Gasteiger partial charge in [-0.25, -0.2) is 9.36 Å². The van der Waals surface area contributed by atoms with Crippen LogP contribution in [0.4, 0.5) is 0 Å². The van der Waals surface area contributed by atoms with Gasteiger partial charge in [-0.2, -0.15) is 5.26 Å². The molecule has 8 heteroatoms. The maximum atomic E-state index is 12.0. The highest BCUT2D eigenvalue weighted by Crippen LogP contribution is 2.11. The fraction of sp³-hybridized carbons (Fsp3) is 0.286. The number of hydrogen-bond acceptors (Lipinski definition) is 5. The molecule has 2 heterocycles. The summed E-state index contributed by atoms with van der Waals surface area (Å²) < 4.78 is 6.97. The third kappa shape index (κ3) is 2.98. The summed E-state index contributed by atoms with van der Waals surface area (Å²) in [5.41, 5.74) is -1.65. The van der Waals surface area contributed by atoms with E-state index in [9.17, 15) is 14.4 Å². The van der Waals surface area contributed by atoms with Gasteiger partial charge in [-0.05, 0) is 19.1 Å². The Morgan fingerprint density at radius 3 is 2.82 bits per heavy atom. The smallest absolute Gasteiger partial charge is 0.331 e. The van der Waals surface area contributed by atoms with Gasteiger partial charge in [-0.3, -0.25) is 9.59 Å². The molecule has 22 heavy (non-hydrogen) atoms. The normalized spacial score (nSPS) is 11.7. The van der Waals surface area contributed by atoms with E-state index in [4.69, 9.17) is 9.68 Å². The minimum atomic E-state index is -0.786. The van der Waals surface area contributed by atoms with Crippen LogP contribution in [-0.4, -0.2) is 15.0 Å². The molecule has 0 radical (unpaired) electrons. The highest BCUT2D eigenvalue weighted by molar-refractivity contribution is 5.76. The highest BCUT2D eigenvalue weighted by atomic mass is 16.3. The molecule has 114 valence electrons. The number of carbonyl (C=O) groups is 1. The second-order valence-corrected chi connectivity index (χ2v) is 4.74. The molecular weight excluding hydrogens is 288 g/mol. The van der Waals surface area contributed by atoms with Crippen LogP contribution in [0.2, 0.25) is 0 Å². The van der Waals surface area contributed by atoms with Crippen molar-refractivity contribution in [2.24, 2.45) is 7.05 Å². The third-order valence-electron chi connectivity index (χ3n) is 3.10. The summed E-state index contributed by atoms with van der Waals surface area (Å²) in [6.07, 6.45) is 2.62. The van der Waals surface area contributed by atoms with E-state index >= 15 is 0 Å². The molecule has 2 aromatic rings. The van der Waals surface area contributed by atoms with E-state index in [0.717, 1.165) is 15.3 Å². The van der Waals surface area contributed by atoms with Gasteiger partial charge in [0.15, 0.2) is 0 Å². The molecule has 0 unspecified atom stereocenters. The Bertz CT molecular complexity index is 839. The molecule has 0 bridgehead atoms. The van der Waals surface area contributed by atoms with Gasteiger partial charge < -0.3 is 14.3 Å². The third-order valence-corrected chi connectivity index (χ3v) is 3.10. The summed E-state index contributed by atoms with van der Waals surface area (Å²) in [6, 6.07) is 4.69. The fourth-order valence-electron chi connectivity index (χ4n) is 1.98. The van der Waals surface area contributed by atoms with Gasteiger partial charge in [0.25, 0.3) is 5.56 Å². The van der Waals surface area contributed by atoms with Crippen LogP contribution < -0.4 is 16.6 Å². The number of nitriles is 1. The average Bonchev–Trinajstić information content (AvgIpc) is 3.01. The molecular formula is C14H14N4O4. The molecule has 1 amide bonds. The SMILES string of the molecule is C[C@@H](NC(=O)Cn1c(=O)c(C#N)cn(C)c1=O)c1ccco1. The lowest BCUT2D eigenvalue weighted by Crippen LogP contribution is -2.44. The van der Waals surface area contributed by atoms with E-state index in [1.54, 1.807) is 25.1 Å². The van der Waals surface area contributed by atoms with E-state index in [1.807, 2.05) is 0 Å². The second kappa shape index (κ2) is 6.13. The zero-order valence-electron chi connectivity index (χ0n) is 12.1. The van der Waals surface area contributed by atoms with Gasteiger partial charge in [0.1, 0.15) is 23.9 Å². The topological polar surface area (TPSA) is 110 Å². The Balaban J connectivity index is 2.23. The van der Waals surface area contributed by atoms with Gasteiger partial charge in [-0.15, -0.1) is 0 Å². The van der Waals surface area contributed by atoms with Crippen molar-refractivity contribution >= 4 is 5.91 Å². The van der Waals surface area contributed by atoms with E-state index in [1.165, 1.54) is 13.3 Å². The summed E-state index contributed by atoms with van der Waals surface area (Å²) in [4.78, 5) is 35.9. The second-order valence-electron chi connectivity index (χ2n) is 4.74. The van der Waals surface area contributed by atoms with Crippen LogP contribution in [-0.2, 0) is 18.4 Å². The number of nitrogens with one attached hydrogen (secondary N) is 1. The first-order valence-electron chi connectivity index (χ1n) is 6.47. The van der Waals surface area contributed by atoms with E-state index in [0.29, 0.717) is 5.76 Å². The summed E-state index contributed by atoms with van der Waals surface area (Å²) in [7, 11) is 1.41. The van der Waals surface area contributed by atoms with Crippen LogP contribution in [0.3, 0.4) is 0 Å². The molecule has 0 aliphatic heterocycles. The molecule has 0 saturated heterocycles. The van der Waals surface area contributed by atoms with Crippen molar-refractivity contribution in [1.29, 1.82) is 5.26 Å². The Morgan fingerprint density at radius 1 is 1.50 bits per heavy atom. The molecule has 0 spiro atoms. The lowest BCUT2D eigenvalue weighted by Gasteiger charge is -2.12. The maximum absolute atomic E-state index is 12.0. The van der Waals surface area contributed by atoms with Crippen LogP contribution in [0.15, 0.2) is 38.6 Å². The Kier molecular flexibility index (Phi) is 4.27. The summed E-state index contributed by atoms with van der Waals surface area (Å²) in [6.45, 7) is 1.25. The van der Waals surface area contributed by atoms with Crippen LogP contribution >= 0.6 is 0 Å². The fourth-order valence-corrected chi connectivity index (χ4v) is 1.98. The van der Waals surface area contributed by atoms with Gasteiger partial charge in [0.05, 0.1) is 12.3 Å². The van der Waals surface area contributed by atoms with E-state index in [2.05, 4.69) is 5.32 Å². The molecule has 0 fully saturated rings. The number of aryl methyl sites for hydroxylation is 1. The quantitative estimate of drug-likeness (QED) is 0.847. The van der Waals surface area contributed by atoms with Crippen LogP contribution in [0.1, 0.15) is 24.3 Å². The standard InChI is InChI=1S/C14H14N4O4/c1-9(11-4-3-5-22-11)16-12(19)8-18-13(20)10(6-15)7-17(2)14(18)21/h3-5,7,9H,8H2,1-2H3,(H,16,19)/t9-/m1/s1. The predicted octanol–water partition coefficient (Wildman–Crippen LogP) is -0.111. The summed E-state index contributed by atoms with van der Waals surface area (Å²) in [5, 5.41) is 11.5. The van der Waals surface area contributed by atoms with Crippen molar-refractivity contribution < 1.29 is 9.21 Å². The van der Waals surface area contributed by atoms with Gasteiger partial charge in [0.2, 0.25) is 5.91 Å². The molecule has 1 N–H and O–H groups in total. The monoisotopic (exact) mass is 302 g/mol. The van der Waals surface area contributed by atoms with Crippen molar-refractivity contribution in [3.8, 4) is 6.07 Å². The Hall–Kier alpha value is -3.08. The molecule has 0 aliphatic carbocycles. The van der Waals surface area contributed by atoms with Crippen LogP contribution in [0, 0.1) is 11.3 Å². The largest absolute Gasteiger partial charge is 0.467 e. The van der Waals surface area contributed by atoms with Crippen LogP contribution in [0.5, 0.6) is 0 Å². The molecule has 0 aliphatic rings. The van der Waals surface area contributed by atoms with Gasteiger partial charge >= 0.3 is 5.69 Å². The zero-order valence-corrected chi connectivity index (χ0v) is 12.1. The van der Waals surface area contributed by atoms with Crippen molar-refractivity contribution in [3.63, 3.8) is 0 Å². The molecule has 2 rings (SSSR count). The van der Waals surface area contributed by atoms with Crippen molar-refractivity contribution in [2.45, 2.75) is 19.5 Å². The summed E-state index contributed by atoms with van der Waals surface area (Å²) >= 11 is 0. The first-order valence-corrected chi connectivity index (χ1v) is 6.47. The number of amides is 1. The van der Waals surface area contributed by atoms with E-state index in [-0.39, 0.29) is 5.56 Å². The molecule has 1 atom stereocenters. The zero-order chi connectivity index (χ0) is 16.3. The van der Waals surface area contributed by atoms with Crippen molar-refractivity contribution in [3.05, 3.63) is 56.8 Å². The lowest BCUT2D eigenvalue weighted by molar-refractivity contribution is -0.122. The number of rotatable bonds is 4.